The third-order valence-corrected chi connectivity index (χ3v) is 3.97. The molecule has 0 fully saturated rings. The fourth-order valence-corrected chi connectivity index (χ4v) is 2.50. The number of benzene rings is 1. The Morgan fingerprint density at radius 3 is 2.50 bits per heavy atom. The standard InChI is InChI=1S/C13H20N2O2S/c1-11-4-6-12(7-5-11)18(17)10-13(16)15(2)9-3-8-14/h4-7H,3,8-10,14H2,1-2H3. The minimum atomic E-state index is -1.27. The smallest absolute Gasteiger partial charge is 0.235 e. The number of nitrogens with two attached hydrogens (primary N) is 1. The van der Waals surface area contributed by atoms with Gasteiger partial charge in [0.05, 0.1) is 10.8 Å². The van der Waals surface area contributed by atoms with Gasteiger partial charge in [-0.15, -0.1) is 0 Å². The molecule has 0 bridgehead atoms. The van der Waals surface area contributed by atoms with Crippen LogP contribution in [-0.2, 0) is 15.6 Å². The Morgan fingerprint density at radius 1 is 1.33 bits per heavy atom. The van der Waals surface area contributed by atoms with Crippen molar-refractivity contribution in [3.05, 3.63) is 29.8 Å². The third-order valence-electron chi connectivity index (χ3n) is 2.66. The normalized spacial score (nSPS) is 12.2. The van der Waals surface area contributed by atoms with E-state index in [0.717, 1.165) is 12.0 Å². The number of carbonyl (C=O) groups is 1. The van der Waals surface area contributed by atoms with Gasteiger partial charge in [0.2, 0.25) is 5.91 Å². The number of hydrogen-bond donors (Lipinski definition) is 1. The van der Waals surface area contributed by atoms with Crippen LogP contribution in [-0.4, -0.2) is 40.9 Å². The summed E-state index contributed by atoms with van der Waals surface area (Å²) in [6.07, 6.45) is 0.763. The Labute approximate surface area is 111 Å². The summed E-state index contributed by atoms with van der Waals surface area (Å²) in [5.74, 6) is -0.0771. The van der Waals surface area contributed by atoms with Crippen molar-refractivity contribution in [1.82, 2.24) is 4.90 Å². The zero-order valence-electron chi connectivity index (χ0n) is 10.9. The lowest BCUT2D eigenvalue weighted by molar-refractivity contribution is -0.127. The summed E-state index contributed by atoms with van der Waals surface area (Å²) in [6, 6.07) is 7.41. The Bertz CT molecular complexity index is 418. The molecule has 4 nitrogen and oxygen atoms in total. The molecule has 0 radical (unpaired) electrons. The summed E-state index contributed by atoms with van der Waals surface area (Å²) < 4.78 is 12.0. The highest BCUT2D eigenvalue weighted by atomic mass is 32.2. The predicted octanol–water partition coefficient (Wildman–Crippen LogP) is 0.910. The second kappa shape index (κ2) is 7.28. The summed E-state index contributed by atoms with van der Waals surface area (Å²) >= 11 is 0. The summed E-state index contributed by atoms with van der Waals surface area (Å²) in [5, 5.41) is 0. The number of amides is 1. The van der Waals surface area contributed by atoms with Crippen molar-refractivity contribution in [2.24, 2.45) is 5.73 Å². The minimum Gasteiger partial charge on any atom is -0.345 e. The molecule has 0 spiro atoms. The van der Waals surface area contributed by atoms with Crippen molar-refractivity contribution in [1.29, 1.82) is 0 Å². The number of hydrogen-bond acceptors (Lipinski definition) is 3. The fourth-order valence-electron chi connectivity index (χ4n) is 1.45. The highest BCUT2D eigenvalue weighted by Crippen LogP contribution is 2.09. The Hall–Kier alpha value is -1.20. The van der Waals surface area contributed by atoms with Crippen LogP contribution in [0.2, 0.25) is 0 Å². The fraction of sp³-hybridized carbons (Fsp3) is 0.462. The van der Waals surface area contributed by atoms with Crippen LogP contribution < -0.4 is 5.73 Å². The van der Waals surface area contributed by atoms with Crippen LogP contribution in [0, 0.1) is 6.92 Å². The average Bonchev–Trinajstić information content (AvgIpc) is 2.36. The van der Waals surface area contributed by atoms with Crippen LogP contribution in [0.25, 0.3) is 0 Å². The van der Waals surface area contributed by atoms with Gasteiger partial charge in [-0.25, -0.2) is 0 Å². The molecule has 0 aliphatic rings. The maximum absolute atomic E-state index is 12.0. The molecule has 18 heavy (non-hydrogen) atoms. The Balaban J connectivity index is 2.54. The van der Waals surface area contributed by atoms with E-state index in [1.54, 1.807) is 24.1 Å². The van der Waals surface area contributed by atoms with E-state index >= 15 is 0 Å². The summed E-state index contributed by atoms with van der Waals surface area (Å²) in [4.78, 5) is 14.1. The van der Waals surface area contributed by atoms with Gasteiger partial charge in [-0.2, -0.15) is 0 Å². The van der Waals surface area contributed by atoms with Gasteiger partial charge in [-0.3, -0.25) is 9.00 Å². The van der Waals surface area contributed by atoms with Crippen LogP contribution >= 0.6 is 0 Å². The number of aryl methyl sites for hydroxylation is 1. The molecule has 0 aromatic heterocycles. The second-order valence-electron chi connectivity index (χ2n) is 4.26. The monoisotopic (exact) mass is 268 g/mol. The van der Waals surface area contributed by atoms with Gasteiger partial charge in [0.1, 0.15) is 5.75 Å². The summed E-state index contributed by atoms with van der Waals surface area (Å²) in [7, 11) is 0.442. The largest absolute Gasteiger partial charge is 0.345 e. The lowest BCUT2D eigenvalue weighted by Crippen LogP contribution is -2.32. The zero-order valence-corrected chi connectivity index (χ0v) is 11.7. The van der Waals surface area contributed by atoms with Crippen LogP contribution in [0.5, 0.6) is 0 Å². The molecule has 100 valence electrons. The molecule has 2 N–H and O–H groups in total. The zero-order chi connectivity index (χ0) is 13.5. The number of carbonyl (C=O) groups excluding carboxylic acids is 1. The first-order valence-corrected chi connectivity index (χ1v) is 7.25. The van der Waals surface area contributed by atoms with Gasteiger partial charge in [0.15, 0.2) is 0 Å². The first-order chi connectivity index (χ1) is 8.54. The number of rotatable bonds is 6. The summed E-state index contributed by atoms with van der Waals surface area (Å²) in [5.41, 5.74) is 6.50. The quantitative estimate of drug-likeness (QED) is 0.834. The Morgan fingerprint density at radius 2 is 1.94 bits per heavy atom. The predicted molar refractivity (Wildman–Crippen MR) is 73.8 cm³/mol. The molecule has 0 saturated heterocycles. The molecule has 1 rings (SSSR count). The second-order valence-corrected chi connectivity index (χ2v) is 5.71. The highest BCUT2D eigenvalue weighted by Gasteiger charge is 2.13. The van der Waals surface area contributed by atoms with Crippen LogP contribution in [0.4, 0.5) is 0 Å². The maximum Gasteiger partial charge on any atom is 0.235 e. The molecule has 1 amide bonds. The molecular weight excluding hydrogens is 248 g/mol. The van der Waals surface area contributed by atoms with Gasteiger partial charge < -0.3 is 10.6 Å². The number of nitrogens with zero attached hydrogens (tertiary/aromatic N) is 1. The highest BCUT2D eigenvalue weighted by molar-refractivity contribution is 7.85. The van der Waals surface area contributed by atoms with E-state index in [-0.39, 0.29) is 11.7 Å². The Kier molecular flexibility index (Phi) is 6.01. The van der Waals surface area contributed by atoms with E-state index in [4.69, 9.17) is 5.73 Å². The minimum absolute atomic E-state index is 0.0319. The maximum atomic E-state index is 12.0. The molecule has 1 unspecified atom stereocenters. The molecule has 0 aliphatic heterocycles. The van der Waals surface area contributed by atoms with Gasteiger partial charge in [-0.05, 0) is 32.0 Å². The molecule has 0 saturated carbocycles. The van der Waals surface area contributed by atoms with Crippen molar-refractivity contribution in [3.8, 4) is 0 Å². The first kappa shape index (κ1) is 14.9. The van der Waals surface area contributed by atoms with E-state index in [9.17, 15) is 9.00 Å². The van der Waals surface area contributed by atoms with Crippen molar-refractivity contribution in [2.45, 2.75) is 18.2 Å². The molecule has 1 atom stereocenters. The molecule has 1 aromatic rings. The van der Waals surface area contributed by atoms with Gasteiger partial charge in [-0.1, -0.05) is 17.7 Å². The van der Waals surface area contributed by atoms with E-state index < -0.39 is 10.8 Å². The molecular formula is C13H20N2O2S. The van der Waals surface area contributed by atoms with Crippen LogP contribution in [0.15, 0.2) is 29.2 Å². The lowest BCUT2D eigenvalue weighted by Gasteiger charge is -2.16. The van der Waals surface area contributed by atoms with Crippen molar-refractivity contribution >= 4 is 16.7 Å². The topological polar surface area (TPSA) is 63.4 Å². The molecule has 1 aromatic carbocycles. The van der Waals surface area contributed by atoms with Crippen LogP contribution in [0.1, 0.15) is 12.0 Å². The van der Waals surface area contributed by atoms with E-state index in [1.165, 1.54) is 0 Å². The van der Waals surface area contributed by atoms with Crippen molar-refractivity contribution in [3.63, 3.8) is 0 Å². The molecule has 5 heteroatoms. The van der Waals surface area contributed by atoms with Crippen molar-refractivity contribution in [2.75, 3.05) is 25.9 Å². The van der Waals surface area contributed by atoms with Crippen molar-refractivity contribution < 1.29 is 9.00 Å². The van der Waals surface area contributed by atoms with Gasteiger partial charge >= 0.3 is 0 Å². The first-order valence-electron chi connectivity index (χ1n) is 5.93. The molecule has 0 heterocycles. The SMILES string of the molecule is Cc1ccc(S(=O)CC(=O)N(C)CCCN)cc1. The average molecular weight is 268 g/mol. The van der Waals surface area contributed by atoms with Gasteiger partial charge in [0.25, 0.3) is 0 Å². The lowest BCUT2D eigenvalue weighted by atomic mass is 10.2. The van der Waals surface area contributed by atoms with E-state index in [0.29, 0.717) is 18.0 Å². The van der Waals surface area contributed by atoms with Crippen LogP contribution in [0.3, 0.4) is 0 Å². The summed E-state index contributed by atoms with van der Waals surface area (Å²) in [6.45, 7) is 3.14. The molecule has 0 aliphatic carbocycles. The third kappa shape index (κ3) is 4.58. The van der Waals surface area contributed by atoms with Gasteiger partial charge in [0, 0.05) is 18.5 Å². The van der Waals surface area contributed by atoms with E-state index in [1.807, 2.05) is 19.1 Å². The van der Waals surface area contributed by atoms with E-state index in [2.05, 4.69) is 0 Å².